The second-order valence-electron chi connectivity index (χ2n) is 1.23. The molecule has 0 rings (SSSR count). The molecule has 5 nitrogen and oxygen atoms in total. The maximum absolute atomic E-state index is 10.2. The molecule has 0 saturated heterocycles. The smallest absolute Gasteiger partial charge is 0.437 e. The van der Waals surface area contributed by atoms with Crippen LogP contribution in [0, 0.1) is 0 Å². The van der Waals surface area contributed by atoms with E-state index in [1.807, 2.05) is 0 Å². The summed E-state index contributed by atoms with van der Waals surface area (Å²) in [5.74, 6) is -0.498. The van der Waals surface area contributed by atoms with Gasteiger partial charge < -0.3 is 13.8 Å². The van der Waals surface area contributed by atoms with Crippen LogP contribution >= 0.6 is 9.03 Å². The van der Waals surface area contributed by atoms with Gasteiger partial charge in [-0.2, -0.15) is 0 Å². The minimum atomic E-state index is -0.861. The Kier molecular flexibility index (Phi) is 4.58. The van der Waals surface area contributed by atoms with Crippen molar-refractivity contribution in [2.75, 3.05) is 7.11 Å². The van der Waals surface area contributed by atoms with E-state index in [0.29, 0.717) is 0 Å². The van der Waals surface area contributed by atoms with Crippen molar-refractivity contribution in [2.45, 2.75) is 6.92 Å². The van der Waals surface area contributed by atoms with E-state index in [0.717, 1.165) is 0 Å². The Balaban J connectivity index is 3.20. The molecule has 0 aromatic carbocycles. The van der Waals surface area contributed by atoms with Crippen LogP contribution in [0.5, 0.6) is 0 Å². The fourth-order valence-corrected chi connectivity index (χ4v) is 0.466. The van der Waals surface area contributed by atoms with Crippen LogP contribution in [0.4, 0.5) is 4.79 Å². The van der Waals surface area contributed by atoms with Gasteiger partial charge in [0.15, 0.2) is 0 Å². The fourth-order valence-electron chi connectivity index (χ4n) is 0.155. The lowest BCUT2D eigenvalue weighted by atomic mass is 10.9. The van der Waals surface area contributed by atoms with Gasteiger partial charge in [0, 0.05) is 6.92 Å². The van der Waals surface area contributed by atoms with Crippen LogP contribution in [0.15, 0.2) is 0 Å². The number of hydrogen-bond acceptors (Lipinski definition) is 5. The van der Waals surface area contributed by atoms with E-state index in [4.69, 9.17) is 0 Å². The molecule has 0 amide bonds. The van der Waals surface area contributed by atoms with E-state index in [2.05, 4.69) is 13.8 Å². The van der Waals surface area contributed by atoms with Gasteiger partial charge >= 0.3 is 12.1 Å². The molecular formula is C4H7O5P. The molecule has 58 valence electrons. The van der Waals surface area contributed by atoms with Gasteiger partial charge in [0.25, 0.3) is 9.03 Å². The van der Waals surface area contributed by atoms with Gasteiger partial charge in [0.05, 0.1) is 7.11 Å². The van der Waals surface area contributed by atoms with Crippen LogP contribution in [0.1, 0.15) is 6.92 Å². The van der Waals surface area contributed by atoms with E-state index in [-0.39, 0.29) is 0 Å². The van der Waals surface area contributed by atoms with Gasteiger partial charge in [-0.25, -0.2) is 4.79 Å². The zero-order valence-corrected chi connectivity index (χ0v) is 6.54. The molecule has 0 fully saturated rings. The third kappa shape index (κ3) is 5.31. The van der Waals surface area contributed by atoms with E-state index in [1.165, 1.54) is 14.0 Å². The summed E-state index contributed by atoms with van der Waals surface area (Å²) in [6.07, 6.45) is -0.861. The average Bonchev–Trinajstić information content (AvgIpc) is 1.87. The Morgan fingerprint density at radius 1 is 1.30 bits per heavy atom. The third-order valence-electron chi connectivity index (χ3n) is 0.477. The van der Waals surface area contributed by atoms with Crippen molar-refractivity contribution in [1.29, 1.82) is 0 Å². The summed E-state index contributed by atoms with van der Waals surface area (Å²) in [7, 11) is 0.543. The van der Waals surface area contributed by atoms with Crippen LogP contribution in [-0.2, 0) is 18.6 Å². The van der Waals surface area contributed by atoms with E-state index in [9.17, 15) is 9.59 Å². The maximum Gasteiger partial charge on any atom is 0.513 e. The molecule has 0 aliphatic heterocycles. The molecule has 1 unspecified atom stereocenters. The lowest BCUT2D eigenvalue weighted by molar-refractivity contribution is -0.131. The van der Waals surface area contributed by atoms with Crippen molar-refractivity contribution in [2.24, 2.45) is 0 Å². The molecule has 0 spiro atoms. The zero-order chi connectivity index (χ0) is 7.98. The Morgan fingerprint density at radius 3 is 2.30 bits per heavy atom. The predicted octanol–water partition coefficient (Wildman–Crippen LogP) is 0.841. The van der Waals surface area contributed by atoms with Crippen molar-refractivity contribution in [3.63, 3.8) is 0 Å². The summed E-state index contributed by atoms with van der Waals surface area (Å²) in [5, 5.41) is 0. The SMILES string of the molecule is COC(=O)OPOC(C)=O. The Hall–Kier alpha value is -0.830. The molecule has 0 aliphatic rings. The first-order valence-corrected chi connectivity index (χ1v) is 3.15. The second-order valence-corrected chi connectivity index (χ2v) is 1.81. The third-order valence-corrected chi connectivity index (χ3v) is 1.10. The average molecular weight is 166 g/mol. The Labute approximate surface area is 59.6 Å². The van der Waals surface area contributed by atoms with Crippen molar-refractivity contribution >= 4 is 21.2 Å². The first-order chi connectivity index (χ1) is 4.66. The molecule has 6 heteroatoms. The summed E-state index contributed by atoms with van der Waals surface area (Å²) in [4.78, 5) is 20.2. The highest BCUT2D eigenvalue weighted by Crippen LogP contribution is 2.13. The molecule has 0 heterocycles. The van der Waals surface area contributed by atoms with Gasteiger partial charge in [-0.15, -0.1) is 0 Å². The number of hydrogen-bond donors (Lipinski definition) is 0. The molecule has 1 atom stereocenters. The van der Waals surface area contributed by atoms with Gasteiger partial charge in [0.1, 0.15) is 0 Å². The highest BCUT2D eigenvalue weighted by molar-refractivity contribution is 7.27. The highest BCUT2D eigenvalue weighted by Gasteiger charge is 2.00. The quantitative estimate of drug-likeness (QED) is 0.449. The largest absolute Gasteiger partial charge is 0.513 e. The maximum atomic E-state index is 10.2. The van der Waals surface area contributed by atoms with E-state index in [1.54, 1.807) is 0 Å². The molecule has 0 aromatic rings. The first-order valence-electron chi connectivity index (χ1n) is 2.34. The summed E-state index contributed by atoms with van der Waals surface area (Å²) >= 11 is 0. The van der Waals surface area contributed by atoms with Crippen LogP contribution in [0.25, 0.3) is 0 Å². The molecule has 0 saturated carbocycles. The normalized spacial score (nSPS) is 9.40. The number of ether oxygens (including phenoxy) is 1. The number of carbonyl (C=O) groups is 2. The molecule has 0 aromatic heterocycles. The van der Waals surface area contributed by atoms with Crippen molar-refractivity contribution in [3.8, 4) is 0 Å². The standard InChI is InChI=1S/C4H7O5P/c1-3(5)8-10-9-4(6)7-2/h10H,1-2H3. The van der Waals surface area contributed by atoms with Crippen molar-refractivity contribution in [1.82, 2.24) is 0 Å². The number of methoxy groups -OCH3 is 1. The van der Waals surface area contributed by atoms with Crippen LogP contribution < -0.4 is 0 Å². The van der Waals surface area contributed by atoms with Crippen LogP contribution in [0.2, 0.25) is 0 Å². The molecule has 0 radical (unpaired) electrons. The summed E-state index contributed by atoms with van der Waals surface area (Å²) in [5.41, 5.74) is 0. The second kappa shape index (κ2) is 4.99. The first kappa shape index (κ1) is 9.17. The topological polar surface area (TPSA) is 61.8 Å². The fraction of sp³-hybridized carbons (Fsp3) is 0.500. The van der Waals surface area contributed by atoms with Gasteiger partial charge in [0.2, 0.25) is 0 Å². The Bertz CT molecular complexity index is 134. The number of rotatable bonds is 2. The minimum Gasteiger partial charge on any atom is -0.437 e. The van der Waals surface area contributed by atoms with Crippen molar-refractivity contribution in [3.05, 3.63) is 0 Å². The molecular weight excluding hydrogens is 159 g/mol. The summed E-state index contributed by atoms with van der Waals surface area (Å²) in [6.45, 7) is 1.22. The minimum absolute atomic E-state index is 0.498. The Morgan fingerprint density at radius 2 is 1.90 bits per heavy atom. The predicted molar refractivity (Wildman–Crippen MR) is 33.6 cm³/mol. The van der Waals surface area contributed by atoms with Gasteiger partial charge in [-0.3, -0.25) is 4.79 Å². The lowest BCUT2D eigenvalue weighted by Crippen LogP contribution is -1.98. The molecule has 0 N–H and O–H groups in total. The summed E-state index contributed by atoms with van der Waals surface area (Å²) in [6, 6.07) is 0. The summed E-state index contributed by atoms with van der Waals surface area (Å²) < 4.78 is 12.6. The van der Waals surface area contributed by atoms with Crippen LogP contribution in [0.3, 0.4) is 0 Å². The molecule has 0 aliphatic carbocycles. The molecule has 10 heavy (non-hydrogen) atoms. The monoisotopic (exact) mass is 166 g/mol. The zero-order valence-electron chi connectivity index (χ0n) is 5.54. The van der Waals surface area contributed by atoms with Crippen LogP contribution in [-0.4, -0.2) is 19.2 Å². The van der Waals surface area contributed by atoms with Gasteiger partial charge in [-0.1, -0.05) is 0 Å². The number of carbonyl (C=O) groups excluding carboxylic acids is 2. The van der Waals surface area contributed by atoms with E-state index < -0.39 is 21.2 Å². The molecule has 0 bridgehead atoms. The van der Waals surface area contributed by atoms with E-state index >= 15 is 0 Å². The van der Waals surface area contributed by atoms with Crippen molar-refractivity contribution < 1.29 is 23.4 Å². The highest BCUT2D eigenvalue weighted by atomic mass is 31.1. The van der Waals surface area contributed by atoms with Gasteiger partial charge in [-0.05, 0) is 0 Å². The lowest BCUT2D eigenvalue weighted by Gasteiger charge is -1.99.